The molecule has 3 N–H and O–H groups in total. The molecule has 2 aromatic carbocycles. The quantitative estimate of drug-likeness (QED) is 0.473. The summed E-state index contributed by atoms with van der Waals surface area (Å²) >= 11 is 0. The van der Waals surface area contributed by atoms with E-state index in [1.54, 1.807) is 30.1 Å². The minimum Gasteiger partial charge on any atom is -0.490 e. The summed E-state index contributed by atoms with van der Waals surface area (Å²) in [6, 6.07) is 14.2. The van der Waals surface area contributed by atoms with Crippen molar-refractivity contribution in [3.63, 3.8) is 0 Å². The minimum atomic E-state index is -0.356. The van der Waals surface area contributed by atoms with Crippen molar-refractivity contribution in [3.05, 3.63) is 59.7 Å². The second-order valence-corrected chi connectivity index (χ2v) is 11.2. The average Bonchev–Trinajstić information content (AvgIpc) is 2.98. The number of ether oxygens (including phenoxy) is 2. The molecule has 0 unspecified atom stereocenters. The van der Waals surface area contributed by atoms with Gasteiger partial charge in [0.1, 0.15) is 18.5 Å². The number of amides is 4. The van der Waals surface area contributed by atoms with Gasteiger partial charge in [-0.2, -0.15) is 0 Å². The van der Waals surface area contributed by atoms with Crippen LogP contribution in [0.25, 0.3) is 0 Å². The van der Waals surface area contributed by atoms with E-state index in [-0.39, 0.29) is 42.7 Å². The SMILES string of the molecule is CN1C(=O)c2cc(NC(=O)NCc3ccccc3)ccc2OC[C@@H]2O[C@H](CC(=O)NCC3CCCCC3)CC[C@@H]21. The number of carbonyl (C=O) groups excluding carboxylic acids is 3. The number of hydrogen-bond donors (Lipinski definition) is 3. The number of nitrogens with one attached hydrogen (secondary N) is 3. The van der Waals surface area contributed by atoms with Gasteiger partial charge in [-0.25, -0.2) is 4.79 Å². The Morgan fingerprint density at radius 2 is 1.77 bits per heavy atom. The van der Waals surface area contributed by atoms with Crippen molar-refractivity contribution in [2.75, 3.05) is 25.5 Å². The largest absolute Gasteiger partial charge is 0.490 e. The Hall–Kier alpha value is -3.59. The zero-order valence-corrected chi connectivity index (χ0v) is 23.2. The lowest BCUT2D eigenvalue weighted by molar-refractivity contribution is -0.134. The fourth-order valence-corrected chi connectivity index (χ4v) is 5.99. The summed E-state index contributed by atoms with van der Waals surface area (Å²) in [5, 5.41) is 8.74. The summed E-state index contributed by atoms with van der Waals surface area (Å²) < 4.78 is 12.4. The Bertz CT molecular complexity index is 1180. The molecular formula is C31H40N4O5. The third-order valence-corrected chi connectivity index (χ3v) is 8.29. The van der Waals surface area contributed by atoms with Crippen molar-refractivity contribution in [1.82, 2.24) is 15.5 Å². The molecule has 2 heterocycles. The van der Waals surface area contributed by atoms with Crippen molar-refractivity contribution in [2.24, 2.45) is 5.92 Å². The molecular weight excluding hydrogens is 508 g/mol. The summed E-state index contributed by atoms with van der Waals surface area (Å²) in [4.78, 5) is 40.3. The molecule has 3 aliphatic rings. The second-order valence-electron chi connectivity index (χ2n) is 11.2. The van der Waals surface area contributed by atoms with Gasteiger partial charge < -0.3 is 30.3 Å². The van der Waals surface area contributed by atoms with E-state index in [1.165, 1.54) is 32.1 Å². The van der Waals surface area contributed by atoms with E-state index in [4.69, 9.17) is 9.47 Å². The average molecular weight is 549 g/mol. The summed E-state index contributed by atoms with van der Waals surface area (Å²) in [5.41, 5.74) is 1.89. The van der Waals surface area contributed by atoms with Gasteiger partial charge in [-0.15, -0.1) is 0 Å². The van der Waals surface area contributed by atoms with Gasteiger partial charge in [0.15, 0.2) is 0 Å². The molecule has 2 aromatic rings. The van der Waals surface area contributed by atoms with Crippen LogP contribution < -0.4 is 20.7 Å². The van der Waals surface area contributed by atoms with Crippen molar-refractivity contribution in [1.29, 1.82) is 0 Å². The van der Waals surface area contributed by atoms with Crippen LogP contribution in [0.1, 0.15) is 67.3 Å². The van der Waals surface area contributed by atoms with Crippen LogP contribution in [0.4, 0.5) is 10.5 Å². The zero-order valence-electron chi connectivity index (χ0n) is 23.2. The summed E-state index contributed by atoms with van der Waals surface area (Å²) in [6.07, 6.45) is 7.44. The molecule has 1 aliphatic carbocycles. The molecule has 5 rings (SSSR count). The lowest BCUT2D eigenvalue weighted by Gasteiger charge is -2.42. The third-order valence-electron chi connectivity index (χ3n) is 8.29. The maximum Gasteiger partial charge on any atom is 0.319 e. The van der Waals surface area contributed by atoms with Gasteiger partial charge in [0.25, 0.3) is 5.91 Å². The van der Waals surface area contributed by atoms with Crippen LogP contribution in [0.5, 0.6) is 5.75 Å². The number of nitrogens with zero attached hydrogens (tertiary/aromatic N) is 1. The molecule has 3 atom stereocenters. The lowest BCUT2D eigenvalue weighted by Crippen LogP contribution is -2.54. The summed E-state index contributed by atoms with van der Waals surface area (Å²) in [5.74, 6) is 0.877. The van der Waals surface area contributed by atoms with Gasteiger partial charge in [-0.05, 0) is 55.4 Å². The van der Waals surface area contributed by atoms with E-state index >= 15 is 0 Å². The van der Waals surface area contributed by atoms with Gasteiger partial charge in [-0.1, -0.05) is 49.6 Å². The van der Waals surface area contributed by atoms with Crippen molar-refractivity contribution in [2.45, 2.75) is 76.2 Å². The molecule has 1 saturated carbocycles. The van der Waals surface area contributed by atoms with Gasteiger partial charge in [-0.3, -0.25) is 9.59 Å². The number of benzene rings is 2. The van der Waals surface area contributed by atoms with E-state index in [0.717, 1.165) is 18.5 Å². The highest BCUT2D eigenvalue weighted by Crippen LogP contribution is 2.32. The van der Waals surface area contributed by atoms with Crippen molar-refractivity contribution < 1.29 is 23.9 Å². The standard InChI is InChI=1S/C31H40N4O5/c1-35-26-14-13-24(17-29(36)32-18-21-8-4-2-5-9-21)40-28(26)20-39-27-15-12-23(16-25(27)30(35)37)34-31(38)33-19-22-10-6-3-7-11-22/h3,6-7,10-12,15-16,21,24,26,28H,2,4-5,8-9,13-14,17-20H2,1H3,(H,32,36)(H2,33,34,38)/t24-,26-,28-/m0/s1. The predicted octanol–water partition coefficient (Wildman–Crippen LogP) is 4.48. The fourth-order valence-electron chi connectivity index (χ4n) is 5.99. The van der Waals surface area contributed by atoms with Crippen LogP contribution in [0.3, 0.4) is 0 Å². The van der Waals surface area contributed by atoms with E-state index in [2.05, 4.69) is 16.0 Å². The maximum absolute atomic E-state index is 13.5. The highest BCUT2D eigenvalue weighted by Gasteiger charge is 2.39. The Morgan fingerprint density at radius 3 is 2.58 bits per heavy atom. The Morgan fingerprint density at radius 1 is 0.975 bits per heavy atom. The molecule has 214 valence electrons. The Balaban J connectivity index is 1.16. The highest BCUT2D eigenvalue weighted by atomic mass is 16.5. The molecule has 0 radical (unpaired) electrons. The summed E-state index contributed by atoms with van der Waals surface area (Å²) in [7, 11) is 1.78. The number of rotatable bonds is 7. The monoisotopic (exact) mass is 548 g/mol. The van der Waals surface area contributed by atoms with Crippen LogP contribution in [0, 0.1) is 5.92 Å². The molecule has 0 aromatic heterocycles. The number of hydrogen-bond acceptors (Lipinski definition) is 5. The highest BCUT2D eigenvalue weighted by molar-refractivity contribution is 5.99. The molecule has 9 nitrogen and oxygen atoms in total. The Labute approximate surface area is 236 Å². The second kappa shape index (κ2) is 13.2. The van der Waals surface area contributed by atoms with Gasteiger partial charge >= 0.3 is 6.03 Å². The zero-order chi connectivity index (χ0) is 27.9. The molecule has 9 heteroatoms. The maximum atomic E-state index is 13.5. The normalized spacial score (nSPS) is 23.1. The number of likely N-dealkylation sites (N-methyl/N-ethyl adjacent to an activating group) is 1. The van der Waals surface area contributed by atoms with Crippen LogP contribution in [0.2, 0.25) is 0 Å². The number of fused-ring (bicyclic) bond motifs is 2. The van der Waals surface area contributed by atoms with E-state index in [1.807, 2.05) is 30.3 Å². The number of urea groups is 1. The topological polar surface area (TPSA) is 109 Å². The molecule has 40 heavy (non-hydrogen) atoms. The van der Waals surface area contributed by atoms with Crippen molar-refractivity contribution >= 4 is 23.5 Å². The number of anilines is 1. The van der Waals surface area contributed by atoms with Gasteiger partial charge in [0, 0.05) is 25.8 Å². The van der Waals surface area contributed by atoms with Gasteiger partial charge in [0.05, 0.1) is 24.1 Å². The van der Waals surface area contributed by atoms with E-state index < -0.39 is 0 Å². The first-order valence-electron chi connectivity index (χ1n) is 14.5. The molecule has 1 saturated heterocycles. The van der Waals surface area contributed by atoms with Crippen LogP contribution in [-0.2, 0) is 16.1 Å². The molecule has 2 aliphatic heterocycles. The first-order chi connectivity index (χ1) is 19.5. The first kappa shape index (κ1) is 28.0. The van der Waals surface area contributed by atoms with Gasteiger partial charge in [0.2, 0.25) is 5.91 Å². The van der Waals surface area contributed by atoms with Crippen LogP contribution in [-0.4, -0.2) is 61.2 Å². The van der Waals surface area contributed by atoms with E-state index in [9.17, 15) is 14.4 Å². The molecule has 0 spiro atoms. The molecule has 2 fully saturated rings. The Kier molecular flexibility index (Phi) is 9.21. The van der Waals surface area contributed by atoms with Crippen LogP contribution >= 0.6 is 0 Å². The molecule has 4 amide bonds. The van der Waals surface area contributed by atoms with E-state index in [0.29, 0.717) is 42.3 Å². The lowest BCUT2D eigenvalue weighted by atomic mass is 9.89. The minimum absolute atomic E-state index is 0.0309. The predicted molar refractivity (Wildman–Crippen MR) is 152 cm³/mol. The summed E-state index contributed by atoms with van der Waals surface area (Å²) in [6.45, 7) is 1.43. The number of carbonyl (C=O) groups is 3. The smallest absolute Gasteiger partial charge is 0.319 e. The first-order valence-corrected chi connectivity index (χ1v) is 14.5. The third kappa shape index (κ3) is 7.13. The fraction of sp³-hybridized carbons (Fsp3) is 0.516. The molecule has 0 bridgehead atoms. The van der Waals surface area contributed by atoms with Crippen molar-refractivity contribution in [3.8, 4) is 5.75 Å². The van der Waals surface area contributed by atoms with Crippen LogP contribution in [0.15, 0.2) is 48.5 Å².